The lowest BCUT2D eigenvalue weighted by molar-refractivity contribution is 0.0903. The van der Waals surface area contributed by atoms with Gasteiger partial charge >= 0.3 is 0 Å². The van der Waals surface area contributed by atoms with Gasteiger partial charge in [-0.05, 0) is 40.2 Å². The van der Waals surface area contributed by atoms with Gasteiger partial charge in [0.15, 0.2) is 9.84 Å². The standard InChI is InChI=1S/C16H34N2O2S/c1-5-18(12-13-21(19,20)15(2,3)4)16(14-17)10-8-6-7-9-11-16/h5-14,17H2,1-4H3. The molecule has 0 radical (unpaired) electrons. The molecule has 0 heterocycles. The molecule has 0 spiro atoms. The van der Waals surface area contributed by atoms with Crippen LogP contribution in [-0.2, 0) is 9.84 Å². The van der Waals surface area contributed by atoms with Crippen molar-refractivity contribution in [3.05, 3.63) is 0 Å². The predicted molar refractivity (Wildman–Crippen MR) is 90.3 cm³/mol. The van der Waals surface area contributed by atoms with E-state index in [0.717, 1.165) is 19.4 Å². The van der Waals surface area contributed by atoms with Gasteiger partial charge in [0.1, 0.15) is 0 Å². The van der Waals surface area contributed by atoms with E-state index in [0.29, 0.717) is 13.1 Å². The van der Waals surface area contributed by atoms with Gasteiger partial charge in [-0.3, -0.25) is 4.90 Å². The highest BCUT2D eigenvalue weighted by Gasteiger charge is 2.36. The minimum atomic E-state index is -3.07. The molecule has 4 nitrogen and oxygen atoms in total. The van der Waals surface area contributed by atoms with E-state index in [2.05, 4.69) is 11.8 Å². The molecule has 21 heavy (non-hydrogen) atoms. The van der Waals surface area contributed by atoms with E-state index in [9.17, 15) is 8.42 Å². The zero-order valence-corrected chi connectivity index (χ0v) is 15.1. The van der Waals surface area contributed by atoms with Crippen LogP contribution in [0.15, 0.2) is 0 Å². The second-order valence-corrected chi connectivity index (χ2v) is 10.2. The minimum Gasteiger partial charge on any atom is -0.329 e. The highest BCUT2D eigenvalue weighted by atomic mass is 32.2. The fourth-order valence-electron chi connectivity index (χ4n) is 3.30. The summed E-state index contributed by atoms with van der Waals surface area (Å²) in [5, 5.41) is 0. The van der Waals surface area contributed by atoms with Crippen LogP contribution in [0.25, 0.3) is 0 Å². The molecule has 0 aromatic rings. The average Bonchev–Trinajstić information content (AvgIpc) is 2.64. The van der Waals surface area contributed by atoms with Crippen LogP contribution in [0.5, 0.6) is 0 Å². The van der Waals surface area contributed by atoms with E-state index in [1.807, 2.05) is 0 Å². The zero-order valence-electron chi connectivity index (χ0n) is 14.3. The van der Waals surface area contributed by atoms with Crippen LogP contribution in [0.4, 0.5) is 0 Å². The van der Waals surface area contributed by atoms with Crippen molar-refractivity contribution in [2.75, 3.05) is 25.4 Å². The van der Waals surface area contributed by atoms with Gasteiger partial charge in [-0.2, -0.15) is 0 Å². The largest absolute Gasteiger partial charge is 0.329 e. The van der Waals surface area contributed by atoms with Gasteiger partial charge in [0.25, 0.3) is 0 Å². The van der Waals surface area contributed by atoms with Crippen molar-refractivity contribution in [3.8, 4) is 0 Å². The van der Waals surface area contributed by atoms with Crippen molar-refractivity contribution < 1.29 is 8.42 Å². The third-order valence-electron chi connectivity index (χ3n) is 5.03. The number of nitrogens with zero attached hydrogens (tertiary/aromatic N) is 1. The number of rotatable bonds is 6. The molecule has 0 aromatic carbocycles. The first kappa shape index (κ1) is 18.9. The van der Waals surface area contributed by atoms with Gasteiger partial charge in [-0.1, -0.05) is 32.6 Å². The molecule has 1 aliphatic rings. The van der Waals surface area contributed by atoms with Crippen LogP contribution in [-0.4, -0.2) is 49.0 Å². The van der Waals surface area contributed by atoms with Crippen LogP contribution >= 0.6 is 0 Å². The zero-order chi connectivity index (χ0) is 16.1. The van der Waals surface area contributed by atoms with E-state index in [-0.39, 0.29) is 11.3 Å². The van der Waals surface area contributed by atoms with Crippen molar-refractivity contribution in [2.24, 2.45) is 5.73 Å². The quantitative estimate of drug-likeness (QED) is 0.765. The predicted octanol–water partition coefficient (Wildman–Crippen LogP) is 2.57. The van der Waals surface area contributed by atoms with Crippen LogP contribution in [0.2, 0.25) is 0 Å². The van der Waals surface area contributed by atoms with Crippen molar-refractivity contribution in [1.82, 2.24) is 4.90 Å². The van der Waals surface area contributed by atoms with E-state index in [1.54, 1.807) is 20.8 Å². The second-order valence-electron chi connectivity index (χ2n) is 7.35. The van der Waals surface area contributed by atoms with E-state index >= 15 is 0 Å². The Kier molecular flexibility index (Phi) is 6.69. The molecule has 0 bridgehead atoms. The first-order chi connectivity index (χ1) is 9.68. The maximum Gasteiger partial charge on any atom is 0.156 e. The molecule has 1 aliphatic carbocycles. The molecule has 5 heteroatoms. The molecular weight excluding hydrogens is 284 g/mol. The summed E-state index contributed by atoms with van der Waals surface area (Å²) < 4.78 is 24.0. The molecule has 0 aliphatic heterocycles. The summed E-state index contributed by atoms with van der Waals surface area (Å²) in [4.78, 5) is 2.33. The van der Waals surface area contributed by atoms with Crippen molar-refractivity contribution in [1.29, 1.82) is 0 Å². The third-order valence-corrected chi connectivity index (χ3v) is 7.62. The Bertz CT molecular complexity index is 404. The van der Waals surface area contributed by atoms with Crippen LogP contribution in [0.3, 0.4) is 0 Å². The smallest absolute Gasteiger partial charge is 0.156 e. The van der Waals surface area contributed by atoms with Crippen LogP contribution in [0, 0.1) is 0 Å². The van der Waals surface area contributed by atoms with Gasteiger partial charge in [0.05, 0.1) is 10.5 Å². The van der Waals surface area contributed by atoms with Crippen molar-refractivity contribution >= 4 is 9.84 Å². The van der Waals surface area contributed by atoms with Crippen molar-refractivity contribution in [2.45, 2.75) is 76.5 Å². The molecule has 126 valence electrons. The number of likely N-dealkylation sites (N-methyl/N-ethyl adjacent to an activating group) is 1. The second kappa shape index (κ2) is 7.42. The minimum absolute atomic E-state index is 0.0126. The SMILES string of the molecule is CCN(CCS(=O)(=O)C(C)(C)C)C1(CN)CCCCCC1. The fraction of sp³-hybridized carbons (Fsp3) is 1.00. The number of hydrogen-bond donors (Lipinski definition) is 1. The topological polar surface area (TPSA) is 63.4 Å². The molecule has 1 rings (SSSR count). The first-order valence-corrected chi connectivity index (χ1v) is 10.0. The Morgan fingerprint density at radius 3 is 2.00 bits per heavy atom. The van der Waals surface area contributed by atoms with Gasteiger partial charge in [-0.15, -0.1) is 0 Å². The Balaban J connectivity index is 2.81. The van der Waals surface area contributed by atoms with E-state index in [1.165, 1.54) is 25.7 Å². The number of nitrogens with two attached hydrogens (primary N) is 1. The normalized spacial score (nSPS) is 20.5. The highest BCUT2D eigenvalue weighted by molar-refractivity contribution is 7.92. The molecular formula is C16H34N2O2S. The first-order valence-electron chi connectivity index (χ1n) is 8.36. The summed E-state index contributed by atoms with van der Waals surface area (Å²) in [6.45, 7) is 9.57. The molecule has 0 amide bonds. The molecule has 0 saturated heterocycles. The molecule has 1 saturated carbocycles. The van der Waals surface area contributed by atoms with Gasteiger partial charge < -0.3 is 5.73 Å². The molecule has 0 aromatic heterocycles. The summed E-state index contributed by atoms with van der Waals surface area (Å²) in [6.07, 6.45) is 7.18. The molecule has 0 atom stereocenters. The maximum absolute atomic E-state index is 12.4. The van der Waals surface area contributed by atoms with Crippen molar-refractivity contribution in [3.63, 3.8) is 0 Å². The lowest BCUT2D eigenvalue weighted by Gasteiger charge is -2.43. The van der Waals surface area contributed by atoms with Gasteiger partial charge in [0, 0.05) is 18.6 Å². The highest BCUT2D eigenvalue weighted by Crippen LogP contribution is 2.32. The molecule has 1 fully saturated rings. The molecule has 0 unspecified atom stereocenters. The fourth-order valence-corrected chi connectivity index (χ4v) is 4.38. The lowest BCUT2D eigenvalue weighted by atomic mass is 9.88. The summed E-state index contributed by atoms with van der Waals surface area (Å²) in [7, 11) is -3.07. The lowest BCUT2D eigenvalue weighted by Crippen LogP contribution is -2.55. The summed E-state index contributed by atoms with van der Waals surface area (Å²) in [5.41, 5.74) is 6.13. The Morgan fingerprint density at radius 2 is 1.62 bits per heavy atom. The summed E-state index contributed by atoms with van der Waals surface area (Å²) in [6, 6.07) is 0. The van der Waals surface area contributed by atoms with E-state index in [4.69, 9.17) is 5.73 Å². The summed E-state index contributed by atoms with van der Waals surface area (Å²) >= 11 is 0. The monoisotopic (exact) mass is 318 g/mol. The Labute approximate surface area is 131 Å². The Hall–Kier alpha value is -0.130. The average molecular weight is 319 g/mol. The van der Waals surface area contributed by atoms with Crippen LogP contribution in [0.1, 0.15) is 66.2 Å². The molecule has 2 N–H and O–H groups in total. The number of hydrogen-bond acceptors (Lipinski definition) is 4. The van der Waals surface area contributed by atoms with E-state index < -0.39 is 14.6 Å². The maximum atomic E-state index is 12.4. The van der Waals surface area contributed by atoms with Crippen LogP contribution < -0.4 is 5.73 Å². The van der Waals surface area contributed by atoms with Gasteiger partial charge in [-0.25, -0.2) is 8.42 Å². The Morgan fingerprint density at radius 1 is 1.10 bits per heavy atom. The number of sulfone groups is 1. The van der Waals surface area contributed by atoms with Gasteiger partial charge in [0.2, 0.25) is 0 Å². The summed E-state index contributed by atoms with van der Waals surface area (Å²) in [5.74, 6) is 0.228. The third kappa shape index (κ3) is 4.67.